The highest BCUT2D eigenvalue weighted by atomic mass is 16.5. The number of ether oxygens (including phenoxy) is 1. The Morgan fingerprint density at radius 2 is 1.96 bits per heavy atom. The highest BCUT2D eigenvalue weighted by Crippen LogP contribution is 2.21. The van der Waals surface area contributed by atoms with E-state index in [1.54, 1.807) is 25.5 Å². The van der Waals surface area contributed by atoms with E-state index in [0.29, 0.717) is 12.2 Å². The van der Waals surface area contributed by atoms with E-state index in [4.69, 9.17) is 4.74 Å². The second-order valence-corrected chi connectivity index (χ2v) is 6.25. The summed E-state index contributed by atoms with van der Waals surface area (Å²) < 4.78 is 7.19. The maximum atomic E-state index is 11.7. The van der Waals surface area contributed by atoms with Crippen molar-refractivity contribution in [3.05, 3.63) is 83.0 Å². The molecule has 2 heterocycles. The largest absolute Gasteiger partial charge is 0.491 e. The average molecular weight is 350 g/mol. The fourth-order valence-electron chi connectivity index (χ4n) is 2.63. The summed E-state index contributed by atoms with van der Waals surface area (Å²) in [6.07, 6.45) is 6.15. The van der Waals surface area contributed by atoms with Crippen molar-refractivity contribution in [2.45, 2.75) is 18.9 Å². The van der Waals surface area contributed by atoms with E-state index < -0.39 is 6.10 Å². The smallest absolute Gasteiger partial charge is 0.250 e. The summed E-state index contributed by atoms with van der Waals surface area (Å²) in [7, 11) is 1.72. The summed E-state index contributed by atoms with van der Waals surface area (Å²) >= 11 is 0. The van der Waals surface area contributed by atoms with Gasteiger partial charge in [-0.15, -0.1) is 0 Å². The summed E-state index contributed by atoms with van der Waals surface area (Å²) in [5, 5.41) is 10.1. The second-order valence-electron chi connectivity index (χ2n) is 6.25. The normalized spacial score (nSPS) is 11.9. The van der Waals surface area contributed by atoms with Crippen molar-refractivity contribution in [1.29, 1.82) is 0 Å². The van der Waals surface area contributed by atoms with Gasteiger partial charge in [0, 0.05) is 31.7 Å². The number of aliphatic hydroxyl groups is 1. The molecule has 0 spiro atoms. The van der Waals surface area contributed by atoms with Gasteiger partial charge in [0.2, 0.25) is 0 Å². The highest BCUT2D eigenvalue weighted by Gasteiger charge is 2.07. The zero-order chi connectivity index (χ0) is 18.4. The molecule has 0 bridgehead atoms. The first-order chi connectivity index (χ1) is 12.6. The minimum atomic E-state index is -0.535. The number of pyridine rings is 2. The van der Waals surface area contributed by atoms with Crippen LogP contribution in [-0.2, 0) is 13.5 Å². The van der Waals surface area contributed by atoms with Crippen molar-refractivity contribution in [3.63, 3.8) is 0 Å². The molecule has 0 fully saturated rings. The van der Waals surface area contributed by atoms with Crippen molar-refractivity contribution >= 4 is 0 Å². The Morgan fingerprint density at radius 1 is 1.15 bits per heavy atom. The number of nitrogens with zero attached hydrogens (tertiary/aromatic N) is 2. The lowest BCUT2D eigenvalue weighted by atomic mass is 10.1. The molecule has 0 aliphatic rings. The average Bonchev–Trinajstić information content (AvgIpc) is 2.68. The quantitative estimate of drug-likeness (QED) is 0.712. The summed E-state index contributed by atoms with van der Waals surface area (Å²) in [5.41, 5.74) is 2.88. The van der Waals surface area contributed by atoms with E-state index in [9.17, 15) is 9.90 Å². The van der Waals surface area contributed by atoms with E-state index in [2.05, 4.69) is 4.98 Å². The zero-order valence-electron chi connectivity index (χ0n) is 14.7. The van der Waals surface area contributed by atoms with Gasteiger partial charge in [-0.05, 0) is 53.8 Å². The van der Waals surface area contributed by atoms with Crippen LogP contribution in [0.15, 0.2) is 71.9 Å². The van der Waals surface area contributed by atoms with Gasteiger partial charge in [-0.1, -0.05) is 18.2 Å². The Hall–Kier alpha value is -2.92. The summed E-state index contributed by atoms with van der Waals surface area (Å²) in [6, 6.07) is 14.9. The number of benzene rings is 1. The lowest BCUT2D eigenvalue weighted by Crippen LogP contribution is -2.18. The fraction of sp³-hybridized carbons (Fsp3) is 0.238. The third kappa shape index (κ3) is 4.80. The van der Waals surface area contributed by atoms with Gasteiger partial charge in [-0.2, -0.15) is 0 Å². The van der Waals surface area contributed by atoms with Gasteiger partial charge in [0.15, 0.2) is 0 Å². The summed E-state index contributed by atoms with van der Waals surface area (Å²) in [4.78, 5) is 15.8. The van der Waals surface area contributed by atoms with E-state index in [0.717, 1.165) is 23.1 Å². The summed E-state index contributed by atoms with van der Waals surface area (Å²) in [6.45, 7) is 0.242. The van der Waals surface area contributed by atoms with Crippen molar-refractivity contribution in [2.75, 3.05) is 6.61 Å². The lowest BCUT2D eigenvalue weighted by molar-refractivity contribution is 0.100. The minimum Gasteiger partial charge on any atom is -0.491 e. The van der Waals surface area contributed by atoms with Crippen molar-refractivity contribution in [1.82, 2.24) is 9.55 Å². The Labute approximate surface area is 152 Å². The zero-order valence-corrected chi connectivity index (χ0v) is 14.7. The summed E-state index contributed by atoms with van der Waals surface area (Å²) in [5.74, 6) is 0.693. The third-order valence-electron chi connectivity index (χ3n) is 4.22. The van der Waals surface area contributed by atoms with Crippen LogP contribution in [-0.4, -0.2) is 27.4 Å². The first kappa shape index (κ1) is 17.9. The van der Waals surface area contributed by atoms with E-state index in [1.807, 2.05) is 48.7 Å². The van der Waals surface area contributed by atoms with Gasteiger partial charge >= 0.3 is 0 Å². The SMILES string of the molecule is Cn1ccc(-c2ccc(OCC(O)CCc3cccnc3)cc2)cc1=O. The molecule has 5 heteroatoms. The van der Waals surface area contributed by atoms with E-state index >= 15 is 0 Å². The maximum Gasteiger partial charge on any atom is 0.250 e. The molecular weight excluding hydrogens is 328 g/mol. The maximum absolute atomic E-state index is 11.7. The fourth-order valence-corrected chi connectivity index (χ4v) is 2.63. The van der Waals surface area contributed by atoms with Crippen molar-refractivity contribution in [3.8, 4) is 16.9 Å². The molecule has 5 nitrogen and oxygen atoms in total. The van der Waals surface area contributed by atoms with Crippen LogP contribution in [0.25, 0.3) is 11.1 Å². The molecule has 1 atom stereocenters. The Balaban J connectivity index is 1.52. The molecular formula is C21H22N2O3. The number of hydrogen-bond acceptors (Lipinski definition) is 4. The Kier molecular flexibility index (Phi) is 5.81. The van der Waals surface area contributed by atoms with E-state index in [-0.39, 0.29) is 12.2 Å². The highest BCUT2D eigenvalue weighted by molar-refractivity contribution is 5.63. The number of hydrogen-bond donors (Lipinski definition) is 1. The topological polar surface area (TPSA) is 64.3 Å². The van der Waals surface area contributed by atoms with Crippen molar-refractivity contribution in [2.24, 2.45) is 7.05 Å². The van der Waals surface area contributed by atoms with Crippen LogP contribution in [0.3, 0.4) is 0 Å². The Bertz CT molecular complexity index is 889. The van der Waals surface area contributed by atoms with Gasteiger partial charge < -0.3 is 14.4 Å². The number of rotatable bonds is 7. The molecule has 1 N–H and O–H groups in total. The van der Waals surface area contributed by atoms with Crippen LogP contribution in [0.4, 0.5) is 0 Å². The van der Waals surface area contributed by atoms with Crippen LogP contribution in [0.1, 0.15) is 12.0 Å². The second kappa shape index (κ2) is 8.45. The third-order valence-corrected chi connectivity index (χ3v) is 4.22. The molecule has 0 amide bonds. The van der Waals surface area contributed by atoms with Gasteiger partial charge in [0.25, 0.3) is 5.56 Å². The monoisotopic (exact) mass is 350 g/mol. The molecule has 0 saturated heterocycles. The molecule has 3 aromatic rings. The molecule has 1 aromatic carbocycles. The molecule has 0 radical (unpaired) electrons. The van der Waals surface area contributed by atoms with Gasteiger partial charge in [0.05, 0.1) is 6.10 Å². The van der Waals surface area contributed by atoms with E-state index in [1.165, 1.54) is 4.57 Å². The van der Waals surface area contributed by atoms with Gasteiger partial charge in [0.1, 0.15) is 12.4 Å². The molecule has 3 rings (SSSR count). The molecule has 0 aliphatic heterocycles. The number of aromatic nitrogens is 2. The van der Waals surface area contributed by atoms with Crippen LogP contribution in [0.2, 0.25) is 0 Å². The molecule has 134 valence electrons. The number of aliphatic hydroxyl groups excluding tert-OH is 1. The van der Waals surface area contributed by atoms with Gasteiger partial charge in [-0.25, -0.2) is 0 Å². The standard InChI is InChI=1S/C21H22N2O3/c1-23-12-10-18(13-21(23)25)17-5-8-20(9-6-17)26-15-19(24)7-4-16-3-2-11-22-14-16/h2-3,5-6,8-14,19,24H,4,7,15H2,1H3. The first-order valence-corrected chi connectivity index (χ1v) is 8.59. The predicted molar refractivity (Wildman–Crippen MR) is 101 cm³/mol. The van der Waals surface area contributed by atoms with Crippen LogP contribution in [0.5, 0.6) is 5.75 Å². The van der Waals surface area contributed by atoms with Gasteiger partial charge in [-0.3, -0.25) is 9.78 Å². The van der Waals surface area contributed by atoms with Crippen LogP contribution >= 0.6 is 0 Å². The van der Waals surface area contributed by atoms with Crippen LogP contribution < -0.4 is 10.3 Å². The van der Waals surface area contributed by atoms with Crippen molar-refractivity contribution < 1.29 is 9.84 Å². The molecule has 0 aliphatic carbocycles. The Morgan fingerprint density at radius 3 is 2.65 bits per heavy atom. The van der Waals surface area contributed by atoms with Crippen LogP contribution in [0, 0.1) is 0 Å². The minimum absolute atomic E-state index is 0.0421. The molecule has 1 unspecified atom stereocenters. The molecule has 2 aromatic heterocycles. The molecule has 0 saturated carbocycles. The predicted octanol–water partition coefficient (Wildman–Crippen LogP) is 2.82. The number of aryl methyl sites for hydroxylation is 2. The first-order valence-electron chi connectivity index (χ1n) is 8.59. The molecule has 26 heavy (non-hydrogen) atoms. The lowest BCUT2D eigenvalue weighted by Gasteiger charge is -2.13.